The molecule has 8 heteroatoms. The van der Waals surface area contributed by atoms with E-state index in [0.717, 1.165) is 32.0 Å². The molecule has 2 heterocycles. The lowest BCUT2D eigenvalue weighted by Crippen LogP contribution is -2.34. The number of carbonyl (C=O) groups excluding carboxylic acids is 1. The smallest absolute Gasteiger partial charge is 0.209 e. The molecule has 1 aliphatic carbocycles. The van der Waals surface area contributed by atoms with Crippen LogP contribution in [-0.2, 0) is 14.3 Å². The van der Waals surface area contributed by atoms with E-state index in [4.69, 9.17) is 10.5 Å². The Morgan fingerprint density at radius 3 is 2.76 bits per heavy atom. The van der Waals surface area contributed by atoms with Crippen molar-refractivity contribution in [1.29, 1.82) is 0 Å². The first-order chi connectivity index (χ1) is 12.0. The number of ether oxygens (including phenoxy) is 1. The molecule has 25 heavy (non-hydrogen) atoms. The van der Waals surface area contributed by atoms with Gasteiger partial charge in [-0.1, -0.05) is 0 Å². The number of benzene rings is 1. The Kier molecular flexibility index (Phi) is 5.29. The number of anilines is 1. The third-order valence-corrected chi connectivity index (χ3v) is 6.14. The first kappa shape index (κ1) is 18.1. The van der Waals surface area contributed by atoms with Crippen molar-refractivity contribution in [3.05, 3.63) is 29.3 Å². The molecule has 1 aromatic carbocycles. The van der Waals surface area contributed by atoms with E-state index in [0.29, 0.717) is 18.8 Å². The van der Waals surface area contributed by atoms with Crippen molar-refractivity contribution in [3.8, 4) is 0 Å². The molecule has 1 aromatic rings. The maximum Gasteiger partial charge on any atom is 0.209 e. The number of halogens is 2. The minimum atomic E-state index is -0.865. The fourth-order valence-corrected chi connectivity index (χ4v) is 4.63. The minimum Gasteiger partial charge on any atom is -0.399 e. The molecule has 5 nitrogen and oxygen atoms in total. The van der Waals surface area contributed by atoms with Gasteiger partial charge in [0, 0.05) is 30.3 Å². The van der Waals surface area contributed by atoms with Gasteiger partial charge in [0.15, 0.2) is 11.6 Å². The van der Waals surface area contributed by atoms with Crippen molar-refractivity contribution >= 4 is 29.4 Å². The second-order valence-electron chi connectivity index (χ2n) is 6.43. The summed E-state index contributed by atoms with van der Waals surface area (Å²) < 4.78 is 31.9. The normalized spacial score (nSPS) is 30.1. The Morgan fingerprint density at radius 2 is 2.12 bits per heavy atom. The molecule has 4 rings (SSSR count). The highest BCUT2D eigenvalue weighted by Gasteiger charge is 2.60. The first-order valence-corrected chi connectivity index (χ1v) is 9.07. The van der Waals surface area contributed by atoms with E-state index < -0.39 is 11.6 Å². The summed E-state index contributed by atoms with van der Waals surface area (Å²) in [7, 11) is 0. The number of hydrogen-bond acceptors (Lipinski definition) is 5. The van der Waals surface area contributed by atoms with Crippen LogP contribution in [0.4, 0.5) is 14.5 Å². The van der Waals surface area contributed by atoms with Gasteiger partial charge in [-0.05, 0) is 25.5 Å². The Bertz CT molecular complexity index is 682. The zero-order valence-corrected chi connectivity index (χ0v) is 14.8. The summed E-state index contributed by atoms with van der Waals surface area (Å²) in [5.74, 6) is -1.35. The van der Waals surface area contributed by atoms with Crippen LogP contribution in [0.3, 0.4) is 0 Å². The van der Waals surface area contributed by atoms with Crippen LogP contribution in [0.5, 0.6) is 0 Å². The predicted molar refractivity (Wildman–Crippen MR) is 94.6 cm³/mol. The number of fused-ring (bicyclic) bond motifs is 1. The number of carbonyl (C=O) groups is 1. The van der Waals surface area contributed by atoms with Crippen molar-refractivity contribution in [1.82, 2.24) is 4.90 Å². The summed E-state index contributed by atoms with van der Waals surface area (Å²) in [5.41, 5.74) is 8.01. The van der Waals surface area contributed by atoms with Gasteiger partial charge in [0.05, 0.1) is 29.5 Å². The summed E-state index contributed by atoms with van der Waals surface area (Å²) in [4.78, 5) is 16.0. The SMILES string of the molecule is CC1N=CSC2(c3cc(N)cc(F)c3F)CC12.O=CN1CCOCC1. The monoisotopic (exact) mass is 369 g/mol. The van der Waals surface area contributed by atoms with Crippen LogP contribution < -0.4 is 5.73 Å². The second kappa shape index (κ2) is 7.29. The summed E-state index contributed by atoms with van der Waals surface area (Å²) >= 11 is 1.47. The van der Waals surface area contributed by atoms with E-state index in [1.807, 2.05) is 6.92 Å². The van der Waals surface area contributed by atoms with Gasteiger partial charge < -0.3 is 15.4 Å². The molecule has 3 aliphatic rings. The van der Waals surface area contributed by atoms with Gasteiger partial charge in [0.25, 0.3) is 0 Å². The number of aliphatic imine (C=N–C) groups is 1. The minimum absolute atomic E-state index is 0.167. The topological polar surface area (TPSA) is 67.9 Å². The molecule has 1 amide bonds. The molecule has 1 saturated carbocycles. The van der Waals surface area contributed by atoms with Crippen molar-refractivity contribution in [2.45, 2.75) is 24.1 Å². The quantitative estimate of drug-likeness (QED) is 0.642. The van der Waals surface area contributed by atoms with E-state index in [-0.39, 0.29) is 22.4 Å². The molecule has 3 atom stereocenters. The third-order valence-electron chi connectivity index (χ3n) is 4.80. The summed E-state index contributed by atoms with van der Waals surface area (Å²) in [6.45, 7) is 4.90. The van der Waals surface area contributed by atoms with Crippen molar-refractivity contribution in [2.75, 3.05) is 32.0 Å². The van der Waals surface area contributed by atoms with E-state index in [1.54, 1.807) is 16.5 Å². The van der Waals surface area contributed by atoms with Gasteiger partial charge >= 0.3 is 0 Å². The molecule has 0 spiro atoms. The highest BCUT2D eigenvalue weighted by atomic mass is 32.2. The molecule has 2 fully saturated rings. The van der Waals surface area contributed by atoms with Gasteiger partial charge in [-0.2, -0.15) is 0 Å². The fourth-order valence-electron chi connectivity index (χ4n) is 3.26. The Morgan fingerprint density at radius 1 is 1.40 bits per heavy atom. The molecule has 0 aromatic heterocycles. The molecular weight excluding hydrogens is 348 g/mol. The third kappa shape index (κ3) is 3.64. The molecule has 136 valence electrons. The fraction of sp³-hybridized carbons (Fsp3) is 0.529. The molecule has 3 unspecified atom stereocenters. The average molecular weight is 369 g/mol. The van der Waals surface area contributed by atoms with Crippen molar-refractivity contribution in [3.63, 3.8) is 0 Å². The standard InChI is InChI=1S/C12H12F2N2S.C5H9NO2/c1-6-9-4-12(9,17-5-16-6)8-2-7(15)3-10(13)11(8)14;7-5-6-1-3-8-4-2-6/h2-3,5-6,9H,4,15H2,1H3;5H,1-4H2. The second-order valence-corrected chi connectivity index (χ2v) is 7.61. The van der Waals surface area contributed by atoms with Crippen LogP contribution >= 0.6 is 11.8 Å². The Balaban J connectivity index is 0.000000192. The number of nitrogen functional groups attached to an aromatic ring is 1. The van der Waals surface area contributed by atoms with Gasteiger partial charge in [0.1, 0.15) is 0 Å². The van der Waals surface area contributed by atoms with Crippen LogP contribution in [0.15, 0.2) is 17.1 Å². The largest absolute Gasteiger partial charge is 0.399 e. The van der Waals surface area contributed by atoms with Crippen LogP contribution in [0.1, 0.15) is 18.9 Å². The number of rotatable bonds is 2. The van der Waals surface area contributed by atoms with Gasteiger partial charge in [-0.3, -0.25) is 9.79 Å². The van der Waals surface area contributed by atoms with E-state index in [9.17, 15) is 13.6 Å². The maximum absolute atomic E-state index is 13.9. The van der Waals surface area contributed by atoms with Gasteiger partial charge in [0.2, 0.25) is 6.41 Å². The number of thioether (sulfide) groups is 1. The highest BCUT2D eigenvalue weighted by Crippen LogP contribution is 2.65. The maximum atomic E-state index is 13.9. The molecule has 1 saturated heterocycles. The zero-order valence-electron chi connectivity index (χ0n) is 14.0. The van der Waals surface area contributed by atoms with Crippen LogP contribution in [0.25, 0.3) is 0 Å². The number of morpholine rings is 1. The number of amides is 1. The van der Waals surface area contributed by atoms with Crippen LogP contribution in [0, 0.1) is 17.6 Å². The molecule has 2 N–H and O–H groups in total. The number of nitrogens with two attached hydrogens (primary N) is 1. The highest BCUT2D eigenvalue weighted by molar-refractivity contribution is 8.13. The molecule has 0 radical (unpaired) electrons. The first-order valence-electron chi connectivity index (χ1n) is 8.19. The van der Waals surface area contributed by atoms with Crippen molar-refractivity contribution < 1.29 is 18.3 Å². The Hall–Kier alpha value is -1.67. The van der Waals surface area contributed by atoms with Crippen molar-refractivity contribution in [2.24, 2.45) is 10.9 Å². The van der Waals surface area contributed by atoms with Crippen LogP contribution in [-0.4, -0.2) is 49.2 Å². The summed E-state index contributed by atoms with van der Waals surface area (Å²) in [6, 6.07) is 2.75. The van der Waals surface area contributed by atoms with Gasteiger partial charge in [-0.15, -0.1) is 11.8 Å². The Labute approximate surface area is 149 Å². The lowest BCUT2D eigenvalue weighted by atomic mass is 10.0. The number of hydrogen-bond donors (Lipinski definition) is 1. The predicted octanol–water partition coefficient (Wildman–Crippen LogP) is 2.40. The zero-order chi connectivity index (χ0) is 18.0. The summed E-state index contributed by atoms with van der Waals surface area (Å²) in [6.07, 6.45) is 1.70. The van der Waals surface area contributed by atoms with Crippen LogP contribution in [0.2, 0.25) is 0 Å². The number of nitrogens with zero attached hydrogens (tertiary/aromatic N) is 2. The lowest BCUT2D eigenvalue weighted by molar-refractivity contribution is -0.121. The molecule has 2 aliphatic heterocycles. The van der Waals surface area contributed by atoms with E-state index >= 15 is 0 Å². The van der Waals surface area contributed by atoms with Gasteiger partial charge in [-0.25, -0.2) is 8.78 Å². The van der Waals surface area contributed by atoms with E-state index in [2.05, 4.69) is 4.99 Å². The lowest BCUT2D eigenvalue weighted by Gasteiger charge is -2.22. The summed E-state index contributed by atoms with van der Waals surface area (Å²) in [5, 5.41) is 0. The molecular formula is C17H21F2N3O2S. The van der Waals surface area contributed by atoms with E-state index in [1.165, 1.54) is 11.8 Å². The average Bonchev–Trinajstić information content (AvgIpc) is 3.37. The molecule has 0 bridgehead atoms.